The van der Waals surface area contributed by atoms with Gasteiger partial charge in [-0.3, -0.25) is 19.1 Å². The summed E-state index contributed by atoms with van der Waals surface area (Å²) in [6, 6.07) is 29.1. The van der Waals surface area contributed by atoms with E-state index in [-0.39, 0.29) is 13.0 Å². The van der Waals surface area contributed by atoms with Crippen molar-refractivity contribution < 1.29 is 23.4 Å². The second-order valence-electron chi connectivity index (χ2n) is 9.25. The highest BCUT2D eigenvalue weighted by Crippen LogP contribution is 2.44. The van der Waals surface area contributed by atoms with Gasteiger partial charge in [0.25, 0.3) is 5.56 Å². The van der Waals surface area contributed by atoms with E-state index in [0.29, 0.717) is 0 Å². The van der Waals surface area contributed by atoms with E-state index in [4.69, 9.17) is 14.2 Å². The first-order valence-electron chi connectivity index (χ1n) is 12.5. The van der Waals surface area contributed by atoms with Crippen LogP contribution in [0.5, 0.6) is 0 Å². The summed E-state index contributed by atoms with van der Waals surface area (Å²) in [7, 11) is 0. The fraction of sp³-hybridized carbons (Fsp3) is 0.233. The van der Waals surface area contributed by atoms with Crippen molar-refractivity contribution in [2.45, 2.75) is 37.4 Å². The topological polar surface area (TPSA) is 99.6 Å². The number of carbonyl (C=O) groups is 1. The first-order valence-corrected chi connectivity index (χ1v) is 12.5. The Morgan fingerprint density at radius 2 is 1.46 bits per heavy atom. The Hall–Kier alpha value is -4.34. The minimum atomic E-state index is -1.12. The first kappa shape index (κ1) is 26.3. The summed E-state index contributed by atoms with van der Waals surface area (Å²) >= 11 is 0. The number of nitrogens with zero attached hydrogens (tertiary/aromatic N) is 1. The third kappa shape index (κ3) is 5.32. The number of benzene rings is 3. The normalized spacial score (nSPS) is 19.1. The van der Waals surface area contributed by atoms with Crippen LogP contribution in [-0.2, 0) is 24.6 Å². The zero-order valence-corrected chi connectivity index (χ0v) is 21.2. The molecular formula is C30H27FN2O6. The molecule has 1 aliphatic rings. The first-order chi connectivity index (χ1) is 18.9. The van der Waals surface area contributed by atoms with Gasteiger partial charge >= 0.3 is 11.7 Å². The second kappa shape index (κ2) is 11.2. The second-order valence-corrected chi connectivity index (χ2v) is 9.25. The molecule has 1 fully saturated rings. The van der Waals surface area contributed by atoms with Crippen molar-refractivity contribution in [1.82, 2.24) is 9.55 Å². The molecule has 3 aromatic carbocycles. The molecule has 4 aromatic rings. The van der Waals surface area contributed by atoms with Crippen molar-refractivity contribution in [3.05, 3.63) is 141 Å². The molecule has 0 radical (unpaired) electrons. The third-order valence-corrected chi connectivity index (χ3v) is 6.74. The maximum Gasteiger partial charge on any atom is 0.330 e. The number of hydrogen-bond acceptors (Lipinski definition) is 6. The van der Waals surface area contributed by atoms with E-state index in [1.165, 1.54) is 6.92 Å². The lowest BCUT2D eigenvalue weighted by Gasteiger charge is -2.39. The molecule has 39 heavy (non-hydrogen) atoms. The predicted molar refractivity (Wildman–Crippen MR) is 141 cm³/mol. The number of aromatic amines is 1. The van der Waals surface area contributed by atoms with Gasteiger partial charge < -0.3 is 14.2 Å². The van der Waals surface area contributed by atoms with Crippen LogP contribution >= 0.6 is 0 Å². The Bertz CT molecular complexity index is 1440. The van der Waals surface area contributed by atoms with Gasteiger partial charge in [0.2, 0.25) is 5.82 Å². The smallest absolute Gasteiger partial charge is 0.330 e. The lowest BCUT2D eigenvalue weighted by atomic mass is 9.79. The van der Waals surface area contributed by atoms with Crippen molar-refractivity contribution in [3.8, 4) is 0 Å². The molecule has 0 saturated carbocycles. The molecule has 1 N–H and O–H groups in total. The molecule has 0 amide bonds. The van der Waals surface area contributed by atoms with E-state index in [9.17, 15) is 18.8 Å². The van der Waals surface area contributed by atoms with Crippen molar-refractivity contribution in [2.24, 2.45) is 0 Å². The number of carbonyl (C=O) groups excluding carboxylic acids is 1. The number of rotatable bonds is 8. The van der Waals surface area contributed by atoms with Crippen molar-refractivity contribution in [1.29, 1.82) is 0 Å². The van der Waals surface area contributed by atoms with Gasteiger partial charge in [-0.15, -0.1) is 0 Å². The van der Waals surface area contributed by atoms with Gasteiger partial charge in [-0.25, -0.2) is 4.79 Å². The molecule has 3 atom stereocenters. The Labute approximate surface area is 223 Å². The van der Waals surface area contributed by atoms with Crippen LogP contribution in [0.1, 0.15) is 36.3 Å². The minimum Gasteiger partial charge on any atom is -0.463 e. The van der Waals surface area contributed by atoms with E-state index in [1.807, 2.05) is 96.0 Å². The number of aromatic nitrogens is 2. The van der Waals surface area contributed by atoms with Crippen LogP contribution in [0.25, 0.3) is 0 Å². The number of halogens is 1. The highest BCUT2D eigenvalue weighted by molar-refractivity contribution is 5.65. The number of hydrogen-bond donors (Lipinski definition) is 1. The van der Waals surface area contributed by atoms with E-state index in [2.05, 4.69) is 0 Å². The maximum absolute atomic E-state index is 14.1. The van der Waals surface area contributed by atoms with Crippen LogP contribution in [0, 0.1) is 5.82 Å². The van der Waals surface area contributed by atoms with Crippen molar-refractivity contribution in [2.75, 3.05) is 6.61 Å². The fourth-order valence-electron chi connectivity index (χ4n) is 4.97. The summed E-state index contributed by atoms with van der Waals surface area (Å²) in [6.07, 6.45) is -1.55. The van der Waals surface area contributed by atoms with Crippen LogP contribution in [0.2, 0.25) is 0 Å². The Morgan fingerprint density at radius 3 is 1.95 bits per heavy atom. The summed E-state index contributed by atoms with van der Waals surface area (Å²) in [5.74, 6) is -1.63. The minimum absolute atomic E-state index is 0.117. The highest BCUT2D eigenvalue weighted by Gasteiger charge is 2.46. The average molecular weight is 531 g/mol. The molecule has 9 heteroatoms. The Kier molecular flexibility index (Phi) is 7.53. The molecule has 0 aliphatic carbocycles. The highest BCUT2D eigenvalue weighted by atomic mass is 19.1. The van der Waals surface area contributed by atoms with Gasteiger partial charge in [-0.05, 0) is 16.7 Å². The molecule has 8 nitrogen and oxygen atoms in total. The quantitative estimate of drug-likeness (QED) is 0.274. The van der Waals surface area contributed by atoms with E-state index < -0.39 is 47.1 Å². The molecule has 1 unspecified atom stereocenters. The Balaban J connectivity index is 1.63. The molecule has 0 spiro atoms. The largest absolute Gasteiger partial charge is 0.463 e. The van der Waals surface area contributed by atoms with Crippen molar-refractivity contribution in [3.63, 3.8) is 0 Å². The van der Waals surface area contributed by atoms with Crippen LogP contribution < -0.4 is 11.2 Å². The third-order valence-electron chi connectivity index (χ3n) is 6.74. The van der Waals surface area contributed by atoms with Gasteiger partial charge in [0.05, 0.1) is 12.3 Å². The molecule has 0 bridgehead atoms. The van der Waals surface area contributed by atoms with Gasteiger partial charge in [-0.1, -0.05) is 91.0 Å². The fourth-order valence-corrected chi connectivity index (χ4v) is 4.97. The van der Waals surface area contributed by atoms with Crippen LogP contribution in [0.15, 0.2) is 107 Å². The molecule has 1 aromatic heterocycles. The average Bonchev–Trinajstić information content (AvgIpc) is 3.36. The summed E-state index contributed by atoms with van der Waals surface area (Å²) in [6.45, 7) is 1.14. The molecule has 1 aliphatic heterocycles. The predicted octanol–water partition coefficient (Wildman–Crippen LogP) is 3.90. The lowest BCUT2D eigenvalue weighted by Crippen LogP contribution is -2.41. The molecular weight excluding hydrogens is 503 g/mol. The van der Waals surface area contributed by atoms with Crippen LogP contribution in [0.4, 0.5) is 4.39 Å². The number of nitrogens with one attached hydrogen (secondary N) is 1. The maximum atomic E-state index is 14.1. The Morgan fingerprint density at radius 1 is 0.949 bits per heavy atom. The van der Waals surface area contributed by atoms with Crippen molar-refractivity contribution >= 4 is 5.97 Å². The number of ether oxygens (including phenoxy) is 3. The number of esters is 1. The SMILES string of the molecule is CC(=O)OC[C@@H]1O[C@H](n2cc(F)c(=O)[nH]c2=O)CC1OC(c1ccccc1)(c1ccccc1)c1ccccc1. The van der Waals surface area contributed by atoms with E-state index >= 15 is 0 Å². The number of H-pyrrole nitrogens is 1. The molecule has 5 rings (SSSR count). The molecule has 200 valence electrons. The summed E-state index contributed by atoms with van der Waals surface area (Å²) in [5, 5.41) is 0. The molecule has 1 saturated heterocycles. The van der Waals surface area contributed by atoms with Crippen LogP contribution in [-0.4, -0.2) is 34.3 Å². The molecule has 2 heterocycles. The lowest BCUT2D eigenvalue weighted by molar-refractivity contribution is -0.151. The zero-order valence-electron chi connectivity index (χ0n) is 21.2. The van der Waals surface area contributed by atoms with Gasteiger partial charge in [0.1, 0.15) is 24.5 Å². The standard InChI is InChI=1S/C30H27FN2O6/c1-20(34)37-19-26-25(17-27(38-26)33-18-24(31)28(35)32-29(33)36)39-30(21-11-5-2-6-12-21,22-13-7-3-8-14-22)23-15-9-4-10-16-23/h2-16,18,25-27H,17,19H2,1H3,(H,32,35,36)/t25?,26-,27-/m0/s1. The summed E-state index contributed by atoms with van der Waals surface area (Å²) in [4.78, 5) is 37.8. The van der Waals surface area contributed by atoms with E-state index in [1.54, 1.807) is 0 Å². The van der Waals surface area contributed by atoms with Crippen LogP contribution in [0.3, 0.4) is 0 Å². The summed E-state index contributed by atoms with van der Waals surface area (Å²) < 4.78 is 33.6. The summed E-state index contributed by atoms with van der Waals surface area (Å²) in [5.41, 5.74) is -0.492. The van der Waals surface area contributed by atoms with E-state index in [0.717, 1.165) is 27.5 Å². The van der Waals surface area contributed by atoms with Gasteiger partial charge in [-0.2, -0.15) is 4.39 Å². The van der Waals surface area contributed by atoms with Gasteiger partial charge in [0.15, 0.2) is 0 Å². The zero-order chi connectivity index (χ0) is 27.4. The monoisotopic (exact) mass is 530 g/mol. The van der Waals surface area contributed by atoms with Gasteiger partial charge in [0, 0.05) is 13.3 Å².